The number of aliphatic hydroxyl groups is 1. The van der Waals surface area contributed by atoms with Crippen LogP contribution in [0.4, 0.5) is 0 Å². The molecule has 0 aromatic carbocycles. The zero-order chi connectivity index (χ0) is 15.8. The van der Waals surface area contributed by atoms with Crippen LogP contribution < -0.4 is 0 Å². The van der Waals surface area contributed by atoms with Crippen LogP contribution >= 0.6 is 11.3 Å². The standard InChI is InChI=1S/C17H30N2O2S/c1-3-4-16(20)13-19(14-17-6-5-15(2)22-17)8-7-18-9-11-21-12-10-18/h5-6,16,20H,3-4,7-14H2,1-2H3/t16-/m1/s1. The van der Waals surface area contributed by atoms with Crippen LogP contribution in [0.5, 0.6) is 0 Å². The van der Waals surface area contributed by atoms with E-state index in [0.717, 1.165) is 65.3 Å². The van der Waals surface area contributed by atoms with Gasteiger partial charge in [-0.2, -0.15) is 0 Å². The number of morpholine rings is 1. The van der Waals surface area contributed by atoms with E-state index < -0.39 is 0 Å². The second-order valence-corrected chi connectivity index (χ2v) is 7.52. The number of hydrogen-bond acceptors (Lipinski definition) is 5. The lowest BCUT2D eigenvalue weighted by atomic mass is 10.2. The number of nitrogens with zero attached hydrogens (tertiary/aromatic N) is 2. The number of hydrogen-bond donors (Lipinski definition) is 1. The molecule has 1 saturated heterocycles. The highest BCUT2D eigenvalue weighted by molar-refractivity contribution is 7.11. The van der Waals surface area contributed by atoms with Crippen molar-refractivity contribution in [3.63, 3.8) is 0 Å². The summed E-state index contributed by atoms with van der Waals surface area (Å²) >= 11 is 1.86. The van der Waals surface area contributed by atoms with Crippen molar-refractivity contribution in [2.24, 2.45) is 0 Å². The van der Waals surface area contributed by atoms with Gasteiger partial charge in [-0.3, -0.25) is 9.80 Å². The van der Waals surface area contributed by atoms with Crippen LogP contribution in [-0.2, 0) is 11.3 Å². The van der Waals surface area contributed by atoms with Crippen molar-refractivity contribution in [2.75, 3.05) is 45.9 Å². The molecule has 0 unspecified atom stereocenters. The molecule has 0 aliphatic carbocycles. The molecule has 1 aromatic rings. The Bertz CT molecular complexity index is 419. The van der Waals surface area contributed by atoms with Gasteiger partial charge in [0.1, 0.15) is 0 Å². The first kappa shape index (κ1) is 17.9. The van der Waals surface area contributed by atoms with Crippen LogP contribution in [-0.4, -0.2) is 66.9 Å². The molecule has 1 fully saturated rings. The maximum atomic E-state index is 10.2. The van der Waals surface area contributed by atoms with Crippen molar-refractivity contribution in [1.82, 2.24) is 9.80 Å². The molecular formula is C17H30N2O2S. The lowest BCUT2D eigenvalue weighted by Gasteiger charge is -2.30. The van der Waals surface area contributed by atoms with Gasteiger partial charge in [0.15, 0.2) is 0 Å². The summed E-state index contributed by atoms with van der Waals surface area (Å²) in [4.78, 5) is 7.61. The van der Waals surface area contributed by atoms with Gasteiger partial charge in [-0.1, -0.05) is 13.3 Å². The third kappa shape index (κ3) is 6.34. The van der Waals surface area contributed by atoms with E-state index in [0.29, 0.717) is 0 Å². The average Bonchev–Trinajstić information content (AvgIpc) is 2.91. The number of aliphatic hydroxyl groups excluding tert-OH is 1. The minimum atomic E-state index is -0.212. The van der Waals surface area contributed by atoms with Crippen LogP contribution in [0.15, 0.2) is 12.1 Å². The molecule has 126 valence electrons. The zero-order valence-electron chi connectivity index (χ0n) is 14.0. The van der Waals surface area contributed by atoms with E-state index in [1.807, 2.05) is 11.3 Å². The third-order valence-corrected chi connectivity index (χ3v) is 5.09. The first-order chi connectivity index (χ1) is 10.7. The summed E-state index contributed by atoms with van der Waals surface area (Å²) in [5.41, 5.74) is 0. The molecule has 1 aliphatic heterocycles. The Kier molecular flexibility index (Phi) is 7.83. The summed E-state index contributed by atoms with van der Waals surface area (Å²) in [5.74, 6) is 0. The highest BCUT2D eigenvalue weighted by Crippen LogP contribution is 2.17. The smallest absolute Gasteiger partial charge is 0.0667 e. The van der Waals surface area contributed by atoms with Crippen molar-refractivity contribution in [3.8, 4) is 0 Å². The minimum Gasteiger partial charge on any atom is -0.392 e. The van der Waals surface area contributed by atoms with Gasteiger partial charge in [-0.05, 0) is 25.5 Å². The monoisotopic (exact) mass is 326 g/mol. The first-order valence-electron chi connectivity index (χ1n) is 8.43. The van der Waals surface area contributed by atoms with Gasteiger partial charge in [-0.25, -0.2) is 0 Å². The molecule has 0 amide bonds. The van der Waals surface area contributed by atoms with Crippen molar-refractivity contribution >= 4 is 11.3 Å². The van der Waals surface area contributed by atoms with Gasteiger partial charge in [0.25, 0.3) is 0 Å². The molecule has 5 heteroatoms. The Labute approximate surface area is 138 Å². The zero-order valence-corrected chi connectivity index (χ0v) is 14.8. The van der Waals surface area contributed by atoms with E-state index in [9.17, 15) is 5.11 Å². The largest absolute Gasteiger partial charge is 0.392 e. The molecule has 1 aliphatic rings. The van der Waals surface area contributed by atoms with E-state index in [1.54, 1.807) is 0 Å². The third-order valence-electron chi connectivity index (χ3n) is 4.10. The molecule has 22 heavy (non-hydrogen) atoms. The maximum Gasteiger partial charge on any atom is 0.0667 e. The lowest BCUT2D eigenvalue weighted by Crippen LogP contribution is -2.42. The molecule has 0 bridgehead atoms. The van der Waals surface area contributed by atoms with Gasteiger partial charge >= 0.3 is 0 Å². The molecule has 2 heterocycles. The maximum absolute atomic E-state index is 10.2. The Hall–Kier alpha value is -0.460. The summed E-state index contributed by atoms with van der Waals surface area (Å²) in [5, 5.41) is 10.2. The van der Waals surface area contributed by atoms with Crippen LogP contribution in [0.3, 0.4) is 0 Å². The van der Waals surface area contributed by atoms with Gasteiger partial charge in [-0.15, -0.1) is 11.3 Å². The number of thiophene rings is 1. The van der Waals surface area contributed by atoms with Crippen LogP contribution in [0.25, 0.3) is 0 Å². The number of aryl methyl sites for hydroxylation is 1. The first-order valence-corrected chi connectivity index (χ1v) is 9.25. The van der Waals surface area contributed by atoms with E-state index in [4.69, 9.17) is 4.74 Å². The predicted molar refractivity (Wildman–Crippen MR) is 92.5 cm³/mol. The number of rotatable bonds is 9. The van der Waals surface area contributed by atoms with E-state index >= 15 is 0 Å². The normalized spacial score (nSPS) is 18.0. The second-order valence-electron chi connectivity index (χ2n) is 6.14. The molecule has 1 aromatic heterocycles. The summed E-state index contributed by atoms with van der Waals surface area (Å²) in [7, 11) is 0. The van der Waals surface area contributed by atoms with E-state index in [1.165, 1.54) is 9.75 Å². The quantitative estimate of drug-likeness (QED) is 0.756. The van der Waals surface area contributed by atoms with Crippen LogP contribution in [0.1, 0.15) is 29.5 Å². The minimum absolute atomic E-state index is 0.212. The van der Waals surface area contributed by atoms with Gasteiger partial charge < -0.3 is 9.84 Å². The van der Waals surface area contributed by atoms with Crippen molar-refractivity contribution < 1.29 is 9.84 Å². The number of ether oxygens (including phenoxy) is 1. The Balaban J connectivity index is 1.85. The summed E-state index contributed by atoms with van der Waals surface area (Å²) in [6.07, 6.45) is 1.71. The Morgan fingerprint density at radius 3 is 2.77 bits per heavy atom. The molecule has 0 radical (unpaired) electrons. The second kappa shape index (κ2) is 9.63. The molecule has 0 spiro atoms. The van der Waals surface area contributed by atoms with Gasteiger partial charge in [0.05, 0.1) is 19.3 Å². The fourth-order valence-corrected chi connectivity index (χ4v) is 3.79. The predicted octanol–water partition coefficient (Wildman–Crippen LogP) is 2.35. The molecule has 1 N–H and O–H groups in total. The van der Waals surface area contributed by atoms with Crippen LogP contribution in [0, 0.1) is 6.92 Å². The Morgan fingerprint density at radius 1 is 1.36 bits per heavy atom. The van der Waals surface area contributed by atoms with Crippen molar-refractivity contribution in [3.05, 3.63) is 21.9 Å². The van der Waals surface area contributed by atoms with E-state index in [-0.39, 0.29) is 6.10 Å². The molecule has 1 atom stereocenters. The summed E-state index contributed by atoms with van der Waals surface area (Å²) < 4.78 is 5.41. The molecule has 2 rings (SSSR count). The molecule has 0 saturated carbocycles. The molecule has 4 nitrogen and oxygen atoms in total. The Morgan fingerprint density at radius 2 is 2.14 bits per heavy atom. The fraction of sp³-hybridized carbons (Fsp3) is 0.765. The van der Waals surface area contributed by atoms with Crippen molar-refractivity contribution in [1.29, 1.82) is 0 Å². The van der Waals surface area contributed by atoms with Gasteiger partial charge in [0, 0.05) is 49.0 Å². The highest BCUT2D eigenvalue weighted by atomic mass is 32.1. The van der Waals surface area contributed by atoms with Crippen molar-refractivity contribution in [2.45, 2.75) is 39.3 Å². The SMILES string of the molecule is CCC[C@@H](O)CN(CCN1CCOCC1)Cc1ccc(C)s1. The molecular weight excluding hydrogens is 296 g/mol. The topological polar surface area (TPSA) is 35.9 Å². The summed E-state index contributed by atoms with van der Waals surface area (Å²) in [6.45, 7) is 11.8. The summed E-state index contributed by atoms with van der Waals surface area (Å²) in [6, 6.07) is 4.40. The van der Waals surface area contributed by atoms with Crippen LogP contribution in [0.2, 0.25) is 0 Å². The lowest BCUT2D eigenvalue weighted by molar-refractivity contribution is 0.0288. The fourth-order valence-electron chi connectivity index (χ4n) is 2.86. The van der Waals surface area contributed by atoms with E-state index in [2.05, 4.69) is 35.8 Å². The average molecular weight is 327 g/mol. The van der Waals surface area contributed by atoms with Gasteiger partial charge in [0.2, 0.25) is 0 Å². The highest BCUT2D eigenvalue weighted by Gasteiger charge is 2.16.